The molecule has 2 N–H and O–H groups in total. The molecular formula is C25H23N5O7S. The minimum absolute atomic E-state index is 0.0289. The Bertz CT molecular complexity index is 1590. The van der Waals surface area contributed by atoms with Crippen LogP contribution in [0.5, 0.6) is 0 Å². The molecule has 13 heteroatoms. The number of hydrazone groups is 1. The standard InChI is InChI=1S/C25H23N5O7S/c1-16-21(25(31)29(27-16)18-3-6-20(7-4-18)38(26,34)35)15-19-5-9-24(37-19)17-2-8-22(23(14-17)30(32)33)28-10-12-36-13-11-28/h2-9,14-15H,10-13H2,1H3,(H2,26,34,35)/b21-15-. The van der Waals surface area contributed by atoms with Gasteiger partial charge in [0.15, 0.2) is 0 Å². The van der Waals surface area contributed by atoms with E-state index in [1.165, 1.54) is 30.3 Å². The zero-order chi connectivity index (χ0) is 27.0. The molecule has 1 saturated heterocycles. The lowest BCUT2D eigenvalue weighted by Crippen LogP contribution is -2.36. The van der Waals surface area contributed by atoms with E-state index in [1.54, 1.807) is 37.3 Å². The molecule has 3 heterocycles. The molecule has 3 aromatic rings. The molecule has 0 atom stereocenters. The van der Waals surface area contributed by atoms with Gasteiger partial charge in [0.1, 0.15) is 17.2 Å². The molecule has 1 aromatic heterocycles. The van der Waals surface area contributed by atoms with E-state index in [1.807, 2.05) is 4.90 Å². The molecule has 1 fully saturated rings. The Morgan fingerprint density at radius 3 is 2.45 bits per heavy atom. The van der Waals surface area contributed by atoms with Crippen LogP contribution in [0.3, 0.4) is 0 Å². The van der Waals surface area contributed by atoms with Crippen molar-refractivity contribution in [3.05, 3.63) is 76.0 Å². The summed E-state index contributed by atoms with van der Waals surface area (Å²) < 4.78 is 34.2. The number of carbonyl (C=O) groups is 1. The fourth-order valence-corrected chi connectivity index (χ4v) is 4.77. The van der Waals surface area contributed by atoms with Crippen LogP contribution in [0.25, 0.3) is 17.4 Å². The second-order valence-electron chi connectivity index (χ2n) is 8.66. The number of hydrogen-bond acceptors (Lipinski definition) is 9. The monoisotopic (exact) mass is 537 g/mol. The van der Waals surface area contributed by atoms with E-state index < -0.39 is 20.9 Å². The zero-order valence-corrected chi connectivity index (χ0v) is 21.1. The molecule has 2 aromatic carbocycles. The molecular weight excluding hydrogens is 514 g/mol. The van der Waals surface area contributed by atoms with Crippen molar-refractivity contribution in [2.45, 2.75) is 11.8 Å². The second kappa shape index (κ2) is 9.85. The van der Waals surface area contributed by atoms with Crippen LogP contribution < -0.4 is 15.0 Å². The Morgan fingerprint density at radius 2 is 1.79 bits per heavy atom. The number of anilines is 2. The lowest BCUT2D eigenvalue weighted by molar-refractivity contribution is -0.384. The maximum Gasteiger partial charge on any atom is 0.293 e. The molecule has 0 bridgehead atoms. The highest BCUT2D eigenvalue weighted by molar-refractivity contribution is 7.89. The molecule has 0 radical (unpaired) electrons. The third kappa shape index (κ3) is 4.94. The number of nitrogens with two attached hydrogens (primary N) is 1. The highest BCUT2D eigenvalue weighted by atomic mass is 32.2. The average molecular weight is 538 g/mol. The number of nitro benzene ring substituents is 1. The van der Waals surface area contributed by atoms with Gasteiger partial charge in [-0.2, -0.15) is 10.1 Å². The third-order valence-electron chi connectivity index (χ3n) is 6.19. The molecule has 0 saturated carbocycles. The van der Waals surface area contributed by atoms with Crippen LogP contribution in [-0.2, 0) is 19.6 Å². The van der Waals surface area contributed by atoms with Crippen LogP contribution in [0, 0.1) is 10.1 Å². The van der Waals surface area contributed by atoms with Gasteiger partial charge in [-0.1, -0.05) is 0 Å². The summed E-state index contributed by atoms with van der Waals surface area (Å²) in [5, 5.41) is 22.4. The van der Waals surface area contributed by atoms with Gasteiger partial charge in [0.25, 0.3) is 11.6 Å². The first-order chi connectivity index (χ1) is 18.1. The van der Waals surface area contributed by atoms with Crippen molar-refractivity contribution in [1.29, 1.82) is 0 Å². The first-order valence-electron chi connectivity index (χ1n) is 11.6. The highest BCUT2D eigenvalue weighted by Crippen LogP contribution is 2.35. The van der Waals surface area contributed by atoms with Crippen LogP contribution in [0.4, 0.5) is 17.1 Å². The van der Waals surface area contributed by atoms with Crippen LogP contribution in [0.1, 0.15) is 12.7 Å². The molecule has 0 aliphatic carbocycles. The average Bonchev–Trinajstić information content (AvgIpc) is 3.49. The topological polar surface area (TPSA) is 162 Å². The Hall–Kier alpha value is -4.33. The summed E-state index contributed by atoms with van der Waals surface area (Å²) in [5.74, 6) is 0.350. The lowest BCUT2D eigenvalue weighted by Gasteiger charge is -2.28. The van der Waals surface area contributed by atoms with E-state index in [0.29, 0.717) is 60.5 Å². The second-order valence-corrected chi connectivity index (χ2v) is 10.2. The van der Waals surface area contributed by atoms with Crippen LogP contribution in [0.15, 0.2) is 74.6 Å². The summed E-state index contributed by atoms with van der Waals surface area (Å²) >= 11 is 0. The van der Waals surface area contributed by atoms with E-state index in [-0.39, 0.29) is 16.2 Å². The number of hydrogen-bond donors (Lipinski definition) is 1. The summed E-state index contributed by atoms with van der Waals surface area (Å²) in [6.07, 6.45) is 1.54. The van der Waals surface area contributed by atoms with Crippen molar-refractivity contribution >= 4 is 44.8 Å². The summed E-state index contributed by atoms with van der Waals surface area (Å²) in [6.45, 7) is 3.82. The number of amides is 1. The van der Waals surface area contributed by atoms with E-state index in [4.69, 9.17) is 14.3 Å². The van der Waals surface area contributed by atoms with Crippen LogP contribution in [0.2, 0.25) is 0 Å². The fraction of sp³-hybridized carbons (Fsp3) is 0.200. The number of benzene rings is 2. The van der Waals surface area contributed by atoms with E-state index in [0.717, 1.165) is 5.01 Å². The Labute approximate surface area is 217 Å². The van der Waals surface area contributed by atoms with E-state index in [9.17, 15) is 23.3 Å². The number of rotatable bonds is 6. The summed E-state index contributed by atoms with van der Waals surface area (Å²) in [6, 6.07) is 13.7. The maximum absolute atomic E-state index is 13.1. The fourth-order valence-electron chi connectivity index (χ4n) is 4.26. The minimum atomic E-state index is -3.86. The van der Waals surface area contributed by atoms with Gasteiger partial charge in [-0.3, -0.25) is 14.9 Å². The Morgan fingerprint density at radius 1 is 1.08 bits per heavy atom. The first kappa shape index (κ1) is 25.3. The number of morpholine rings is 1. The molecule has 5 rings (SSSR count). The Balaban J connectivity index is 1.39. The van der Waals surface area contributed by atoms with Crippen molar-refractivity contribution in [2.24, 2.45) is 10.2 Å². The van der Waals surface area contributed by atoms with Gasteiger partial charge >= 0.3 is 0 Å². The summed E-state index contributed by atoms with van der Waals surface area (Å²) in [4.78, 5) is 26.3. The highest BCUT2D eigenvalue weighted by Gasteiger charge is 2.29. The van der Waals surface area contributed by atoms with Gasteiger partial charge in [0, 0.05) is 24.7 Å². The number of carbonyl (C=O) groups excluding carboxylic acids is 1. The van der Waals surface area contributed by atoms with Crippen molar-refractivity contribution in [1.82, 2.24) is 0 Å². The molecule has 2 aliphatic rings. The number of ether oxygens (including phenoxy) is 1. The van der Waals surface area contributed by atoms with Crippen LogP contribution >= 0.6 is 0 Å². The van der Waals surface area contributed by atoms with Gasteiger partial charge in [-0.05, 0) is 61.5 Å². The van der Waals surface area contributed by atoms with Crippen LogP contribution in [-0.4, -0.2) is 51.3 Å². The van der Waals surface area contributed by atoms with Gasteiger partial charge < -0.3 is 14.1 Å². The predicted octanol–water partition coefficient (Wildman–Crippen LogP) is 3.14. The SMILES string of the molecule is CC1=NN(c2ccc(S(N)(=O)=O)cc2)C(=O)/C1=C\c1ccc(-c2ccc(N3CCOCC3)c([N+](=O)[O-])c2)o1. The molecule has 12 nitrogen and oxygen atoms in total. The van der Waals surface area contributed by atoms with Gasteiger partial charge in [0.05, 0.1) is 40.0 Å². The smallest absolute Gasteiger partial charge is 0.293 e. The lowest BCUT2D eigenvalue weighted by atomic mass is 10.1. The molecule has 38 heavy (non-hydrogen) atoms. The zero-order valence-electron chi connectivity index (χ0n) is 20.2. The number of nitrogens with zero attached hydrogens (tertiary/aromatic N) is 4. The number of furan rings is 1. The largest absolute Gasteiger partial charge is 0.457 e. The van der Waals surface area contributed by atoms with E-state index >= 15 is 0 Å². The molecule has 1 amide bonds. The predicted molar refractivity (Wildman–Crippen MR) is 140 cm³/mol. The van der Waals surface area contributed by atoms with Gasteiger partial charge in [-0.25, -0.2) is 13.6 Å². The van der Waals surface area contributed by atoms with Crippen molar-refractivity contribution in [3.63, 3.8) is 0 Å². The molecule has 2 aliphatic heterocycles. The molecule has 196 valence electrons. The number of sulfonamides is 1. The minimum Gasteiger partial charge on any atom is -0.457 e. The Kier molecular flexibility index (Phi) is 6.57. The van der Waals surface area contributed by atoms with E-state index in [2.05, 4.69) is 5.10 Å². The quantitative estimate of drug-likeness (QED) is 0.285. The molecule has 0 unspecified atom stereocenters. The normalized spacial score (nSPS) is 17.3. The van der Waals surface area contributed by atoms with Crippen molar-refractivity contribution in [3.8, 4) is 11.3 Å². The van der Waals surface area contributed by atoms with Crippen molar-refractivity contribution in [2.75, 3.05) is 36.2 Å². The summed E-state index contributed by atoms with van der Waals surface area (Å²) in [7, 11) is -3.86. The van der Waals surface area contributed by atoms with Gasteiger partial charge in [-0.15, -0.1) is 0 Å². The number of primary sulfonamides is 1. The molecule has 0 spiro atoms. The summed E-state index contributed by atoms with van der Waals surface area (Å²) in [5.41, 5.74) is 2.12. The first-order valence-corrected chi connectivity index (χ1v) is 13.1. The maximum atomic E-state index is 13.1. The number of nitro groups is 1. The third-order valence-corrected chi connectivity index (χ3v) is 7.12. The van der Waals surface area contributed by atoms with Gasteiger partial charge in [0.2, 0.25) is 10.0 Å². The van der Waals surface area contributed by atoms with Crippen molar-refractivity contribution < 1.29 is 27.3 Å².